The third-order valence-electron chi connectivity index (χ3n) is 3.31. The van der Waals surface area contributed by atoms with Crippen LogP contribution in [-0.2, 0) is 6.54 Å². The van der Waals surface area contributed by atoms with Crippen molar-refractivity contribution in [3.05, 3.63) is 78.1 Å². The SMILES string of the molecule is Cc1ccc(Nc2cc(NCc3ccccc3)ncn2)cc1. The predicted octanol–water partition coefficient (Wildman–Crippen LogP) is 4.14. The molecule has 0 spiro atoms. The molecule has 0 aliphatic rings. The van der Waals surface area contributed by atoms with Crippen molar-refractivity contribution in [3.8, 4) is 0 Å². The third kappa shape index (κ3) is 3.82. The van der Waals surface area contributed by atoms with Gasteiger partial charge < -0.3 is 10.6 Å². The van der Waals surface area contributed by atoms with E-state index in [1.807, 2.05) is 36.4 Å². The van der Waals surface area contributed by atoms with Gasteiger partial charge in [-0.1, -0.05) is 48.0 Å². The van der Waals surface area contributed by atoms with Crippen LogP contribution in [-0.4, -0.2) is 9.97 Å². The van der Waals surface area contributed by atoms with E-state index < -0.39 is 0 Å². The third-order valence-corrected chi connectivity index (χ3v) is 3.31. The number of aromatic nitrogens is 2. The molecule has 0 aliphatic heterocycles. The van der Waals surface area contributed by atoms with Crippen molar-refractivity contribution in [2.45, 2.75) is 13.5 Å². The van der Waals surface area contributed by atoms with Crippen molar-refractivity contribution < 1.29 is 0 Å². The molecule has 4 heteroatoms. The van der Waals surface area contributed by atoms with E-state index in [0.29, 0.717) is 0 Å². The molecule has 0 saturated carbocycles. The van der Waals surface area contributed by atoms with Gasteiger partial charge in [0.2, 0.25) is 0 Å². The van der Waals surface area contributed by atoms with E-state index in [1.165, 1.54) is 11.1 Å². The lowest BCUT2D eigenvalue weighted by Gasteiger charge is -2.09. The van der Waals surface area contributed by atoms with Crippen LogP contribution in [0.4, 0.5) is 17.3 Å². The quantitative estimate of drug-likeness (QED) is 0.741. The van der Waals surface area contributed by atoms with Crippen LogP contribution in [0.15, 0.2) is 67.0 Å². The first-order valence-corrected chi connectivity index (χ1v) is 7.23. The average molecular weight is 290 g/mol. The molecule has 0 fully saturated rings. The number of hydrogen-bond donors (Lipinski definition) is 2. The maximum atomic E-state index is 4.25. The molecular weight excluding hydrogens is 272 g/mol. The summed E-state index contributed by atoms with van der Waals surface area (Å²) in [5.41, 5.74) is 3.46. The van der Waals surface area contributed by atoms with Crippen molar-refractivity contribution in [3.63, 3.8) is 0 Å². The Hall–Kier alpha value is -2.88. The van der Waals surface area contributed by atoms with E-state index in [-0.39, 0.29) is 0 Å². The molecular formula is C18H18N4. The van der Waals surface area contributed by atoms with E-state index in [1.54, 1.807) is 6.33 Å². The fourth-order valence-corrected chi connectivity index (χ4v) is 2.10. The lowest BCUT2D eigenvalue weighted by atomic mass is 10.2. The average Bonchev–Trinajstić information content (AvgIpc) is 2.57. The van der Waals surface area contributed by atoms with Gasteiger partial charge in [0.05, 0.1) is 0 Å². The van der Waals surface area contributed by atoms with Gasteiger partial charge in [0.25, 0.3) is 0 Å². The van der Waals surface area contributed by atoms with Gasteiger partial charge in [0, 0.05) is 18.3 Å². The maximum Gasteiger partial charge on any atom is 0.135 e. The monoisotopic (exact) mass is 290 g/mol. The number of nitrogens with one attached hydrogen (secondary N) is 2. The lowest BCUT2D eigenvalue weighted by Crippen LogP contribution is -2.03. The van der Waals surface area contributed by atoms with E-state index in [9.17, 15) is 0 Å². The number of rotatable bonds is 5. The van der Waals surface area contributed by atoms with Gasteiger partial charge in [0.15, 0.2) is 0 Å². The number of aryl methyl sites for hydroxylation is 1. The molecule has 3 rings (SSSR count). The molecule has 2 N–H and O–H groups in total. The normalized spacial score (nSPS) is 10.2. The van der Waals surface area contributed by atoms with Gasteiger partial charge >= 0.3 is 0 Å². The Kier molecular flexibility index (Phi) is 4.30. The summed E-state index contributed by atoms with van der Waals surface area (Å²) in [7, 11) is 0. The number of anilines is 3. The van der Waals surface area contributed by atoms with Crippen LogP contribution in [0.5, 0.6) is 0 Å². The largest absolute Gasteiger partial charge is 0.366 e. The molecule has 0 unspecified atom stereocenters. The Morgan fingerprint density at radius 2 is 1.59 bits per heavy atom. The molecule has 4 nitrogen and oxygen atoms in total. The van der Waals surface area contributed by atoms with Crippen LogP contribution in [0.3, 0.4) is 0 Å². The highest BCUT2D eigenvalue weighted by atomic mass is 15.1. The molecule has 22 heavy (non-hydrogen) atoms. The fraction of sp³-hybridized carbons (Fsp3) is 0.111. The molecule has 0 aliphatic carbocycles. The Morgan fingerprint density at radius 3 is 2.36 bits per heavy atom. The Balaban J connectivity index is 1.66. The topological polar surface area (TPSA) is 49.8 Å². The van der Waals surface area contributed by atoms with Gasteiger partial charge in [0.1, 0.15) is 18.0 Å². The summed E-state index contributed by atoms with van der Waals surface area (Å²) in [6.07, 6.45) is 1.56. The Morgan fingerprint density at radius 1 is 0.864 bits per heavy atom. The van der Waals surface area contributed by atoms with Crippen LogP contribution in [0.2, 0.25) is 0 Å². The van der Waals surface area contributed by atoms with Crippen LogP contribution in [0.1, 0.15) is 11.1 Å². The minimum atomic E-state index is 0.738. The summed E-state index contributed by atoms with van der Waals surface area (Å²) >= 11 is 0. The second kappa shape index (κ2) is 6.72. The Bertz CT molecular complexity index is 724. The lowest BCUT2D eigenvalue weighted by molar-refractivity contribution is 1.08. The number of benzene rings is 2. The van der Waals surface area contributed by atoms with Gasteiger partial charge in [-0.25, -0.2) is 9.97 Å². The first-order chi connectivity index (χ1) is 10.8. The van der Waals surface area contributed by atoms with Crippen molar-refractivity contribution in [2.75, 3.05) is 10.6 Å². The van der Waals surface area contributed by atoms with Gasteiger partial charge in [-0.3, -0.25) is 0 Å². The van der Waals surface area contributed by atoms with E-state index >= 15 is 0 Å². The zero-order chi connectivity index (χ0) is 15.2. The second-order valence-electron chi connectivity index (χ2n) is 5.12. The van der Waals surface area contributed by atoms with E-state index in [0.717, 1.165) is 23.9 Å². The van der Waals surface area contributed by atoms with E-state index in [2.05, 4.69) is 51.8 Å². The van der Waals surface area contributed by atoms with Gasteiger partial charge in [-0.05, 0) is 24.6 Å². The highest BCUT2D eigenvalue weighted by Crippen LogP contribution is 2.17. The molecule has 3 aromatic rings. The first kappa shape index (κ1) is 14.1. The second-order valence-corrected chi connectivity index (χ2v) is 5.12. The van der Waals surface area contributed by atoms with Crippen molar-refractivity contribution in [1.29, 1.82) is 0 Å². The maximum absolute atomic E-state index is 4.25. The molecule has 2 aromatic carbocycles. The molecule has 0 atom stereocenters. The number of hydrogen-bond acceptors (Lipinski definition) is 4. The molecule has 0 bridgehead atoms. The van der Waals surface area contributed by atoms with Crippen LogP contribution >= 0.6 is 0 Å². The molecule has 0 amide bonds. The Labute approximate surface area is 130 Å². The van der Waals surface area contributed by atoms with Crippen LogP contribution in [0.25, 0.3) is 0 Å². The summed E-state index contributed by atoms with van der Waals surface area (Å²) in [6, 6.07) is 20.3. The summed E-state index contributed by atoms with van der Waals surface area (Å²) < 4.78 is 0. The zero-order valence-electron chi connectivity index (χ0n) is 12.5. The fourth-order valence-electron chi connectivity index (χ4n) is 2.10. The highest BCUT2D eigenvalue weighted by molar-refractivity contribution is 5.59. The van der Waals surface area contributed by atoms with Gasteiger partial charge in [-0.2, -0.15) is 0 Å². The molecule has 1 heterocycles. The van der Waals surface area contributed by atoms with Crippen LogP contribution in [0, 0.1) is 6.92 Å². The minimum Gasteiger partial charge on any atom is -0.366 e. The number of nitrogens with zero attached hydrogens (tertiary/aromatic N) is 2. The highest BCUT2D eigenvalue weighted by Gasteiger charge is 2.00. The summed E-state index contributed by atoms with van der Waals surface area (Å²) in [5, 5.41) is 6.58. The van der Waals surface area contributed by atoms with Crippen molar-refractivity contribution >= 4 is 17.3 Å². The van der Waals surface area contributed by atoms with Crippen LogP contribution < -0.4 is 10.6 Å². The smallest absolute Gasteiger partial charge is 0.135 e. The van der Waals surface area contributed by atoms with Crippen molar-refractivity contribution in [2.24, 2.45) is 0 Å². The molecule has 110 valence electrons. The predicted molar refractivity (Wildman–Crippen MR) is 90.3 cm³/mol. The standard InChI is InChI=1S/C18H18N4/c1-14-7-9-16(10-8-14)22-18-11-17(20-13-21-18)19-12-15-5-3-2-4-6-15/h2-11,13H,12H2,1H3,(H2,19,20,21,22). The molecule has 0 radical (unpaired) electrons. The molecule has 1 aromatic heterocycles. The zero-order valence-corrected chi connectivity index (χ0v) is 12.5. The summed E-state index contributed by atoms with van der Waals surface area (Å²) in [5.74, 6) is 1.57. The first-order valence-electron chi connectivity index (χ1n) is 7.23. The summed E-state index contributed by atoms with van der Waals surface area (Å²) in [4.78, 5) is 8.50. The molecule has 0 saturated heterocycles. The van der Waals surface area contributed by atoms with E-state index in [4.69, 9.17) is 0 Å². The minimum absolute atomic E-state index is 0.738. The summed E-state index contributed by atoms with van der Waals surface area (Å²) in [6.45, 7) is 2.81. The van der Waals surface area contributed by atoms with Gasteiger partial charge in [-0.15, -0.1) is 0 Å². The van der Waals surface area contributed by atoms with Crippen molar-refractivity contribution in [1.82, 2.24) is 9.97 Å².